The Hall–Kier alpha value is -0.240. The summed E-state index contributed by atoms with van der Waals surface area (Å²) in [6, 6.07) is 0. The maximum atomic E-state index is 10.4. The van der Waals surface area contributed by atoms with E-state index in [1.54, 1.807) is 0 Å². The number of hydrogen-bond donors (Lipinski definition) is 0. The van der Waals surface area contributed by atoms with E-state index in [9.17, 15) is 4.79 Å². The summed E-state index contributed by atoms with van der Waals surface area (Å²) >= 11 is 1.87. The smallest absolute Gasteiger partial charge is 0.228 e. The van der Waals surface area contributed by atoms with Crippen molar-refractivity contribution in [1.29, 1.82) is 0 Å². The second-order valence-corrected chi connectivity index (χ2v) is 2.41. The number of carbonyl (C=O) groups excluding carboxylic acids is 1. The van der Waals surface area contributed by atoms with Crippen molar-refractivity contribution in [3.8, 4) is 12.3 Å². The van der Waals surface area contributed by atoms with E-state index in [1.807, 2.05) is 22.9 Å². The van der Waals surface area contributed by atoms with Crippen LogP contribution in [0.15, 0.2) is 0 Å². The second-order valence-electron chi connectivity index (χ2n) is 1.24. The minimum absolute atomic E-state index is 0.0106. The fraction of sp³-hybridized carbons (Fsp3) is 0.400. The molecule has 2 nitrogen and oxygen atoms in total. The van der Waals surface area contributed by atoms with E-state index in [0.717, 1.165) is 0 Å². The molecule has 0 aliphatic heterocycles. The Morgan fingerprint density at radius 1 is 2.00 bits per heavy atom. The van der Waals surface area contributed by atoms with Gasteiger partial charge in [0.15, 0.2) is 0 Å². The Kier molecular flexibility index (Phi) is 3.61. The van der Waals surface area contributed by atoms with E-state index >= 15 is 0 Å². The highest BCUT2D eigenvalue weighted by Gasteiger charge is 1.98. The number of nitrogens with zero attached hydrogens (tertiary/aromatic N) is 1. The zero-order valence-corrected chi connectivity index (χ0v) is 6.68. The van der Waals surface area contributed by atoms with Crippen LogP contribution in [0.3, 0.4) is 0 Å². The van der Waals surface area contributed by atoms with Gasteiger partial charge in [-0.1, -0.05) is 5.92 Å². The molecule has 0 aliphatic rings. The Morgan fingerprint density at radius 2 is 2.50 bits per heavy atom. The van der Waals surface area contributed by atoms with Crippen LogP contribution in [0.2, 0.25) is 0 Å². The third-order valence-electron chi connectivity index (χ3n) is 0.572. The van der Waals surface area contributed by atoms with Gasteiger partial charge in [-0.05, 0) is 0 Å². The van der Waals surface area contributed by atoms with Crippen LogP contribution in [-0.2, 0) is 4.79 Å². The monoisotopic (exact) mass is 223 g/mol. The van der Waals surface area contributed by atoms with Crippen LogP contribution in [0.5, 0.6) is 0 Å². The lowest BCUT2D eigenvalue weighted by atomic mass is 10.6. The van der Waals surface area contributed by atoms with Crippen molar-refractivity contribution in [3.05, 3.63) is 0 Å². The Balaban J connectivity index is 3.52. The van der Waals surface area contributed by atoms with Crippen LogP contribution < -0.4 is 0 Å². The first kappa shape index (κ1) is 7.76. The van der Waals surface area contributed by atoms with Gasteiger partial charge < -0.3 is 0 Å². The maximum Gasteiger partial charge on any atom is 0.228 e. The summed E-state index contributed by atoms with van der Waals surface area (Å²) < 4.78 is 1.44. The van der Waals surface area contributed by atoms with Gasteiger partial charge in [0.2, 0.25) is 5.91 Å². The van der Waals surface area contributed by atoms with E-state index < -0.39 is 0 Å². The molecule has 3 heteroatoms. The molecule has 0 aromatic rings. The summed E-state index contributed by atoms with van der Waals surface area (Å²) in [6.45, 7) is 1.86. The number of halogens is 1. The Labute approximate surface area is 62.7 Å². The van der Waals surface area contributed by atoms with Crippen LogP contribution in [0.1, 0.15) is 6.92 Å². The molecule has 0 saturated heterocycles. The van der Waals surface area contributed by atoms with E-state index in [0.29, 0.717) is 6.54 Å². The molecule has 0 heterocycles. The quantitative estimate of drug-likeness (QED) is 0.366. The molecular weight excluding hydrogens is 217 g/mol. The topological polar surface area (TPSA) is 20.3 Å². The third kappa shape index (κ3) is 2.86. The number of rotatable bonds is 1. The molecule has 0 atom stereocenters. The minimum atomic E-state index is -0.0106. The van der Waals surface area contributed by atoms with Gasteiger partial charge in [0.25, 0.3) is 0 Å². The molecule has 0 bridgehead atoms. The molecule has 0 saturated carbocycles. The average Bonchev–Trinajstić information content (AvgIpc) is 1.67. The average molecular weight is 223 g/mol. The van der Waals surface area contributed by atoms with Crippen molar-refractivity contribution < 1.29 is 4.79 Å². The summed E-state index contributed by atoms with van der Waals surface area (Å²) in [5.41, 5.74) is 0. The van der Waals surface area contributed by atoms with Gasteiger partial charge in [-0.3, -0.25) is 7.91 Å². The van der Waals surface area contributed by atoms with Crippen molar-refractivity contribution in [2.45, 2.75) is 6.92 Å². The zero-order valence-electron chi connectivity index (χ0n) is 4.52. The first-order valence-corrected chi connectivity index (χ1v) is 3.02. The van der Waals surface area contributed by atoms with Gasteiger partial charge in [0.05, 0.1) is 29.4 Å². The molecule has 0 rings (SSSR count). The molecular formula is C5H6INO. The molecule has 0 unspecified atom stereocenters. The van der Waals surface area contributed by atoms with Gasteiger partial charge in [0, 0.05) is 6.92 Å². The van der Waals surface area contributed by atoms with Gasteiger partial charge in [-0.15, -0.1) is 6.42 Å². The van der Waals surface area contributed by atoms with E-state index in [4.69, 9.17) is 6.42 Å². The SMILES string of the molecule is C#CCN(I)C(C)=O. The summed E-state index contributed by atoms with van der Waals surface area (Å²) in [5.74, 6) is 2.34. The summed E-state index contributed by atoms with van der Waals surface area (Å²) in [6.07, 6.45) is 4.92. The summed E-state index contributed by atoms with van der Waals surface area (Å²) in [4.78, 5) is 10.4. The highest BCUT2D eigenvalue weighted by Crippen LogP contribution is 1.95. The van der Waals surface area contributed by atoms with Crippen molar-refractivity contribution in [3.63, 3.8) is 0 Å². The fourth-order valence-corrected chi connectivity index (χ4v) is 0.388. The lowest BCUT2D eigenvalue weighted by Gasteiger charge is -2.04. The van der Waals surface area contributed by atoms with Gasteiger partial charge in [0.1, 0.15) is 0 Å². The molecule has 0 aliphatic carbocycles. The van der Waals surface area contributed by atoms with Crippen molar-refractivity contribution in [2.24, 2.45) is 0 Å². The standard InChI is InChI=1S/C5H6INO/c1-3-4-7(6)5(2)8/h1H,4H2,2H3. The summed E-state index contributed by atoms with van der Waals surface area (Å²) in [7, 11) is 0. The fourth-order valence-electron chi connectivity index (χ4n) is 0.191. The van der Waals surface area contributed by atoms with E-state index in [-0.39, 0.29) is 5.91 Å². The Bertz CT molecular complexity index is 127. The normalized spacial score (nSPS) is 7.62. The van der Waals surface area contributed by atoms with Crippen molar-refractivity contribution >= 4 is 28.8 Å². The molecule has 44 valence electrons. The molecule has 0 radical (unpaired) electrons. The van der Waals surface area contributed by atoms with Crippen LogP contribution in [-0.4, -0.2) is 15.6 Å². The number of terminal acetylenes is 1. The van der Waals surface area contributed by atoms with Crippen LogP contribution in [0, 0.1) is 12.3 Å². The van der Waals surface area contributed by atoms with Crippen LogP contribution in [0.4, 0.5) is 0 Å². The van der Waals surface area contributed by atoms with Gasteiger partial charge >= 0.3 is 0 Å². The number of carbonyl (C=O) groups is 1. The molecule has 0 aromatic heterocycles. The first-order valence-electron chi connectivity index (χ1n) is 2.06. The van der Waals surface area contributed by atoms with Gasteiger partial charge in [-0.2, -0.15) is 0 Å². The molecule has 1 amide bonds. The molecule has 0 spiro atoms. The Morgan fingerprint density at radius 3 is 2.62 bits per heavy atom. The molecule has 0 aromatic carbocycles. The number of amides is 1. The minimum Gasteiger partial charge on any atom is -0.274 e. The second kappa shape index (κ2) is 3.72. The lowest BCUT2D eigenvalue weighted by Crippen LogP contribution is -2.16. The zero-order chi connectivity index (χ0) is 6.57. The van der Waals surface area contributed by atoms with E-state index in [1.165, 1.54) is 10.0 Å². The van der Waals surface area contributed by atoms with Crippen molar-refractivity contribution in [1.82, 2.24) is 3.11 Å². The third-order valence-corrected chi connectivity index (χ3v) is 1.59. The molecule has 8 heavy (non-hydrogen) atoms. The van der Waals surface area contributed by atoms with Crippen LogP contribution >= 0.6 is 22.9 Å². The first-order chi connectivity index (χ1) is 3.68. The van der Waals surface area contributed by atoms with E-state index in [2.05, 4.69) is 5.92 Å². The highest BCUT2D eigenvalue weighted by molar-refractivity contribution is 14.1. The summed E-state index contributed by atoms with van der Waals surface area (Å²) in [5, 5.41) is 0. The largest absolute Gasteiger partial charge is 0.274 e. The predicted molar refractivity (Wildman–Crippen MR) is 40.2 cm³/mol. The predicted octanol–water partition coefficient (Wildman–Crippen LogP) is 0.818. The maximum absolute atomic E-state index is 10.4. The van der Waals surface area contributed by atoms with Crippen molar-refractivity contribution in [2.75, 3.05) is 6.54 Å². The number of hydrogen-bond acceptors (Lipinski definition) is 1. The molecule has 0 N–H and O–H groups in total. The highest BCUT2D eigenvalue weighted by atomic mass is 127. The molecule has 0 fully saturated rings. The van der Waals surface area contributed by atoms with Gasteiger partial charge in [-0.25, -0.2) is 0 Å². The van der Waals surface area contributed by atoms with Crippen LogP contribution in [0.25, 0.3) is 0 Å². The lowest BCUT2D eigenvalue weighted by molar-refractivity contribution is -0.122.